The number of aliphatic hydroxyl groups is 1. The van der Waals surface area contributed by atoms with E-state index in [1.54, 1.807) is 11.8 Å². The lowest BCUT2D eigenvalue weighted by Gasteiger charge is -2.16. The Kier molecular flexibility index (Phi) is 5.96. The average Bonchev–Trinajstić information content (AvgIpc) is 2.50. The predicted octanol–water partition coefficient (Wildman–Crippen LogP) is 4.33. The summed E-state index contributed by atoms with van der Waals surface area (Å²) in [6.45, 7) is 2.43. The first-order valence-corrected chi connectivity index (χ1v) is 7.93. The Hall–Kier alpha value is -1.45. The minimum atomic E-state index is 0.265. The molecule has 0 saturated carbocycles. The molecule has 3 heteroatoms. The standard InChI is InChI=1S/C17H21NOS/c1-14(15-6-3-2-4-7-15)18-16-8-10-17(11-9-16)20-13-5-12-19/h2-4,6-11,14,18-19H,5,12-13H2,1H3. The minimum Gasteiger partial charge on any atom is -0.396 e. The van der Waals surface area contributed by atoms with Crippen LogP contribution < -0.4 is 5.32 Å². The first-order chi connectivity index (χ1) is 9.79. The van der Waals surface area contributed by atoms with E-state index in [2.05, 4.69) is 60.8 Å². The van der Waals surface area contributed by atoms with Gasteiger partial charge in [-0.3, -0.25) is 0 Å². The monoisotopic (exact) mass is 287 g/mol. The Labute approximate surface area is 125 Å². The average molecular weight is 287 g/mol. The maximum Gasteiger partial charge on any atom is 0.0485 e. The van der Waals surface area contributed by atoms with E-state index in [1.807, 2.05) is 6.07 Å². The fourth-order valence-electron chi connectivity index (χ4n) is 1.98. The summed E-state index contributed by atoms with van der Waals surface area (Å²) in [5.41, 5.74) is 2.42. The molecule has 2 rings (SSSR count). The van der Waals surface area contributed by atoms with Crippen molar-refractivity contribution in [3.8, 4) is 0 Å². The van der Waals surface area contributed by atoms with Gasteiger partial charge in [0.25, 0.3) is 0 Å². The van der Waals surface area contributed by atoms with Gasteiger partial charge in [-0.1, -0.05) is 30.3 Å². The number of anilines is 1. The van der Waals surface area contributed by atoms with Gasteiger partial charge >= 0.3 is 0 Å². The third-order valence-corrected chi connectivity index (χ3v) is 4.21. The Bertz CT molecular complexity index is 498. The van der Waals surface area contributed by atoms with Gasteiger partial charge in [0.15, 0.2) is 0 Å². The van der Waals surface area contributed by atoms with Gasteiger partial charge in [0, 0.05) is 29.0 Å². The van der Waals surface area contributed by atoms with Crippen LogP contribution in [0, 0.1) is 0 Å². The van der Waals surface area contributed by atoms with E-state index in [0.29, 0.717) is 6.04 Å². The van der Waals surface area contributed by atoms with Crippen molar-refractivity contribution in [2.45, 2.75) is 24.3 Å². The van der Waals surface area contributed by atoms with E-state index in [0.717, 1.165) is 17.9 Å². The first kappa shape index (κ1) is 14.9. The molecule has 20 heavy (non-hydrogen) atoms. The number of hydrogen-bond donors (Lipinski definition) is 2. The Morgan fingerprint density at radius 3 is 2.40 bits per heavy atom. The van der Waals surface area contributed by atoms with Crippen LogP contribution in [0.4, 0.5) is 5.69 Å². The van der Waals surface area contributed by atoms with Crippen molar-refractivity contribution in [3.05, 3.63) is 60.2 Å². The molecule has 0 heterocycles. The van der Waals surface area contributed by atoms with Gasteiger partial charge in [-0.05, 0) is 43.2 Å². The molecule has 0 fully saturated rings. The van der Waals surface area contributed by atoms with Crippen molar-refractivity contribution in [3.63, 3.8) is 0 Å². The van der Waals surface area contributed by atoms with Gasteiger partial charge in [-0.25, -0.2) is 0 Å². The maximum atomic E-state index is 8.77. The smallest absolute Gasteiger partial charge is 0.0485 e. The zero-order valence-electron chi connectivity index (χ0n) is 11.8. The van der Waals surface area contributed by atoms with E-state index in [-0.39, 0.29) is 6.61 Å². The summed E-state index contributed by atoms with van der Waals surface area (Å²) < 4.78 is 0. The van der Waals surface area contributed by atoms with Crippen LogP contribution in [0.1, 0.15) is 24.9 Å². The first-order valence-electron chi connectivity index (χ1n) is 6.95. The Morgan fingerprint density at radius 2 is 1.75 bits per heavy atom. The highest BCUT2D eigenvalue weighted by Gasteiger charge is 2.04. The van der Waals surface area contributed by atoms with Crippen LogP contribution in [0.25, 0.3) is 0 Å². The van der Waals surface area contributed by atoms with Crippen LogP contribution in [0.3, 0.4) is 0 Å². The second-order valence-electron chi connectivity index (χ2n) is 4.73. The van der Waals surface area contributed by atoms with Gasteiger partial charge < -0.3 is 10.4 Å². The molecular formula is C17H21NOS. The molecule has 0 amide bonds. The molecule has 0 saturated heterocycles. The van der Waals surface area contributed by atoms with Crippen LogP contribution in [0.2, 0.25) is 0 Å². The molecule has 2 aromatic rings. The van der Waals surface area contributed by atoms with E-state index in [9.17, 15) is 0 Å². The third-order valence-electron chi connectivity index (χ3n) is 3.11. The molecule has 0 aromatic heterocycles. The summed E-state index contributed by atoms with van der Waals surface area (Å²) in [7, 11) is 0. The van der Waals surface area contributed by atoms with Gasteiger partial charge in [0.1, 0.15) is 0 Å². The lowest BCUT2D eigenvalue weighted by atomic mass is 10.1. The predicted molar refractivity (Wildman–Crippen MR) is 87.3 cm³/mol. The van der Waals surface area contributed by atoms with E-state index >= 15 is 0 Å². The van der Waals surface area contributed by atoms with Gasteiger partial charge in [0.05, 0.1) is 0 Å². The summed E-state index contributed by atoms with van der Waals surface area (Å²) in [6.07, 6.45) is 0.843. The normalized spacial score (nSPS) is 12.1. The van der Waals surface area contributed by atoms with E-state index < -0.39 is 0 Å². The number of rotatable bonds is 7. The molecule has 1 unspecified atom stereocenters. The Morgan fingerprint density at radius 1 is 1.05 bits per heavy atom. The molecule has 0 spiro atoms. The number of aliphatic hydroxyl groups excluding tert-OH is 1. The van der Waals surface area contributed by atoms with Crippen molar-refractivity contribution in [2.75, 3.05) is 17.7 Å². The van der Waals surface area contributed by atoms with E-state index in [1.165, 1.54) is 10.5 Å². The van der Waals surface area contributed by atoms with Crippen LogP contribution in [0.5, 0.6) is 0 Å². The molecule has 0 aliphatic heterocycles. The molecular weight excluding hydrogens is 266 g/mol. The number of benzene rings is 2. The van der Waals surface area contributed by atoms with Crippen molar-refractivity contribution < 1.29 is 5.11 Å². The topological polar surface area (TPSA) is 32.3 Å². The van der Waals surface area contributed by atoms with Crippen molar-refractivity contribution in [1.82, 2.24) is 0 Å². The van der Waals surface area contributed by atoms with Gasteiger partial charge in [-0.15, -0.1) is 11.8 Å². The second kappa shape index (κ2) is 7.98. The highest BCUT2D eigenvalue weighted by molar-refractivity contribution is 7.99. The van der Waals surface area contributed by atoms with Gasteiger partial charge in [0.2, 0.25) is 0 Å². The zero-order valence-corrected chi connectivity index (χ0v) is 12.6. The number of nitrogens with one attached hydrogen (secondary N) is 1. The fraction of sp³-hybridized carbons (Fsp3) is 0.294. The van der Waals surface area contributed by atoms with Crippen LogP contribution in [0.15, 0.2) is 59.5 Å². The highest BCUT2D eigenvalue weighted by atomic mass is 32.2. The maximum absolute atomic E-state index is 8.77. The van der Waals surface area contributed by atoms with Crippen LogP contribution >= 0.6 is 11.8 Å². The SMILES string of the molecule is CC(Nc1ccc(SCCCO)cc1)c1ccccc1. The molecule has 2 aromatic carbocycles. The molecule has 2 N–H and O–H groups in total. The fourth-order valence-corrected chi connectivity index (χ4v) is 2.81. The summed E-state index contributed by atoms with van der Waals surface area (Å²) in [6, 6.07) is 19.2. The zero-order chi connectivity index (χ0) is 14.2. The molecule has 2 nitrogen and oxygen atoms in total. The summed E-state index contributed by atoms with van der Waals surface area (Å²) in [5.74, 6) is 0.962. The van der Waals surface area contributed by atoms with Crippen LogP contribution in [-0.4, -0.2) is 17.5 Å². The summed E-state index contributed by atoms with van der Waals surface area (Å²) in [4.78, 5) is 1.25. The van der Waals surface area contributed by atoms with E-state index in [4.69, 9.17) is 5.11 Å². The lowest BCUT2D eigenvalue weighted by molar-refractivity contribution is 0.296. The Balaban J connectivity index is 1.90. The van der Waals surface area contributed by atoms with Crippen molar-refractivity contribution in [2.24, 2.45) is 0 Å². The van der Waals surface area contributed by atoms with Crippen molar-refractivity contribution in [1.29, 1.82) is 0 Å². The highest BCUT2D eigenvalue weighted by Crippen LogP contribution is 2.23. The summed E-state index contributed by atoms with van der Waals surface area (Å²) in [5, 5.41) is 12.3. The molecule has 0 aliphatic carbocycles. The third kappa shape index (κ3) is 4.58. The molecule has 0 aliphatic rings. The number of thioether (sulfide) groups is 1. The molecule has 0 radical (unpaired) electrons. The quantitative estimate of drug-likeness (QED) is 0.587. The molecule has 0 bridgehead atoms. The largest absolute Gasteiger partial charge is 0.396 e. The van der Waals surface area contributed by atoms with Crippen LogP contribution in [-0.2, 0) is 0 Å². The number of hydrogen-bond acceptors (Lipinski definition) is 3. The molecule has 106 valence electrons. The van der Waals surface area contributed by atoms with Gasteiger partial charge in [-0.2, -0.15) is 0 Å². The van der Waals surface area contributed by atoms with Crippen molar-refractivity contribution >= 4 is 17.4 Å². The minimum absolute atomic E-state index is 0.265. The lowest BCUT2D eigenvalue weighted by Crippen LogP contribution is -2.06. The summed E-state index contributed by atoms with van der Waals surface area (Å²) >= 11 is 1.78. The second-order valence-corrected chi connectivity index (χ2v) is 5.90. The molecule has 1 atom stereocenters.